The van der Waals surface area contributed by atoms with Crippen molar-refractivity contribution in [2.24, 2.45) is 5.92 Å². The van der Waals surface area contributed by atoms with E-state index in [0.717, 1.165) is 11.1 Å². The van der Waals surface area contributed by atoms with E-state index >= 15 is 0 Å². The predicted octanol–water partition coefficient (Wildman–Crippen LogP) is 4.12. The van der Waals surface area contributed by atoms with Crippen molar-refractivity contribution in [3.8, 4) is 0 Å². The molecule has 0 heterocycles. The SMILES string of the molecule is C=C1C=CC=CC1C=CC(=O)C=Cc1ccccc1. The first-order valence-corrected chi connectivity index (χ1v) is 6.25. The van der Waals surface area contributed by atoms with Gasteiger partial charge < -0.3 is 0 Å². The molecule has 0 aromatic heterocycles. The van der Waals surface area contributed by atoms with Crippen LogP contribution >= 0.6 is 0 Å². The van der Waals surface area contributed by atoms with E-state index in [1.807, 2.05) is 66.8 Å². The van der Waals surface area contributed by atoms with Crippen molar-refractivity contribution < 1.29 is 4.79 Å². The number of ketones is 1. The van der Waals surface area contributed by atoms with Gasteiger partial charge in [-0.25, -0.2) is 0 Å². The van der Waals surface area contributed by atoms with E-state index in [-0.39, 0.29) is 11.7 Å². The van der Waals surface area contributed by atoms with Crippen LogP contribution in [0.3, 0.4) is 0 Å². The molecule has 1 aromatic carbocycles. The maximum atomic E-state index is 11.7. The summed E-state index contributed by atoms with van der Waals surface area (Å²) in [5.41, 5.74) is 2.02. The highest BCUT2D eigenvalue weighted by molar-refractivity contribution is 6.02. The molecule has 1 heteroatoms. The Morgan fingerprint density at radius 3 is 2.63 bits per heavy atom. The molecule has 0 N–H and O–H groups in total. The fourth-order valence-electron chi connectivity index (χ4n) is 1.78. The van der Waals surface area contributed by atoms with Gasteiger partial charge in [0, 0.05) is 5.92 Å². The van der Waals surface area contributed by atoms with Crippen LogP contribution in [-0.4, -0.2) is 5.78 Å². The zero-order valence-electron chi connectivity index (χ0n) is 10.7. The largest absolute Gasteiger partial charge is 0.290 e. The van der Waals surface area contributed by atoms with Gasteiger partial charge in [0.1, 0.15) is 0 Å². The van der Waals surface area contributed by atoms with Crippen LogP contribution in [0, 0.1) is 5.92 Å². The van der Waals surface area contributed by atoms with Gasteiger partial charge in [0.2, 0.25) is 0 Å². The van der Waals surface area contributed by atoms with Gasteiger partial charge in [0.05, 0.1) is 0 Å². The van der Waals surface area contributed by atoms with Crippen LogP contribution in [0.25, 0.3) is 6.08 Å². The van der Waals surface area contributed by atoms with Gasteiger partial charge in [-0.3, -0.25) is 4.79 Å². The molecular weight excluding hydrogens is 232 g/mol. The van der Waals surface area contributed by atoms with Gasteiger partial charge in [-0.2, -0.15) is 0 Å². The van der Waals surface area contributed by atoms with E-state index < -0.39 is 0 Å². The van der Waals surface area contributed by atoms with Crippen LogP contribution in [0.15, 0.2) is 85.0 Å². The van der Waals surface area contributed by atoms with Gasteiger partial charge in [0.15, 0.2) is 5.78 Å². The first-order valence-electron chi connectivity index (χ1n) is 6.25. The third-order valence-electron chi connectivity index (χ3n) is 2.88. The summed E-state index contributed by atoms with van der Waals surface area (Å²) in [6.45, 7) is 3.95. The monoisotopic (exact) mass is 248 g/mol. The van der Waals surface area contributed by atoms with Crippen LogP contribution in [-0.2, 0) is 4.79 Å². The Morgan fingerprint density at radius 2 is 1.89 bits per heavy atom. The molecule has 1 nitrogen and oxygen atoms in total. The molecule has 1 aliphatic rings. The summed E-state index contributed by atoms with van der Waals surface area (Å²) in [6, 6.07) is 9.77. The Balaban J connectivity index is 1.95. The summed E-state index contributed by atoms with van der Waals surface area (Å²) in [6.07, 6.45) is 14.8. The van der Waals surface area contributed by atoms with E-state index in [4.69, 9.17) is 0 Å². The smallest absolute Gasteiger partial charge is 0.178 e. The topological polar surface area (TPSA) is 17.1 Å². The molecule has 0 spiro atoms. The lowest BCUT2D eigenvalue weighted by atomic mass is 9.95. The maximum absolute atomic E-state index is 11.7. The average molecular weight is 248 g/mol. The Kier molecular flexibility index (Phi) is 4.46. The van der Waals surface area contributed by atoms with Gasteiger partial charge in [-0.1, -0.05) is 73.4 Å². The zero-order chi connectivity index (χ0) is 13.5. The molecule has 0 radical (unpaired) electrons. The van der Waals surface area contributed by atoms with Gasteiger partial charge in [0.25, 0.3) is 0 Å². The van der Waals surface area contributed by atoms with Gasteiger partial charge in [-0.15, -0.1) is 0 Å². The van der Waals surface area contributed by atoms with Crippen LogP contribution in [0.5, 0.6) is 0 Å². The molecule has 0 fully saturated rings. The molecule has 94 valence electrons. The lowest BCUT2D eigenvalue weighted by Crippen LogP contribution is -1.97. The number of allylic oxidation sites excluding steroid dienone is 8. The van der Waals surface area contributed by atoms with E-state index in [2.05, 4.69) is 6.58 Å². The molecule has 0 amide bonds. The number of hydrogen-bond donors (Lipinski definition) is 0. The second-order valence-electron chi connectivity index (χ2n) is 4.35. The first-order chi connectivity index (χ1) is 9.25. The summed E-state index contributed by atoms with van der Waals surface area (Å²) in [5, 5.41) is 0. The Bertz CT molecular complexity index is 571. The fraction of sp³-hybridized carbons (Fsp3) is 0.0556. The van der Waals surface area contributed by atoms with Crippen LogP contribution in [0.1, 0.15) is 5.56 Å². The van der Waals surface area contributed by atoms with Crippen molar-refractivity contribution in [1.29, 1.82) is 0 Å². The van der Waals surface area contributed by atoms with Crippen molar-refractivity contribution in [1.82, 2.24) is 0 Å². The average Bonchev–Trinajstić information content (AvgIpc) is 2.45. The molecule has 1 unspecified atom stereocenters. The van der Waals surface area contributed by atoms with E-state index in [1.165, 1.54) is 0 Å². The van der Waals surface area contributed by atoms with Crippen LogP contribution < -0.4 is 0 Å². The number of carbonyl (C=O) groups is 1. The summed E-state index contributed by atoms with van der Waals surface area (Å²) in [7, 11) is 0. The molecule has 0 aliphatic heterocycles. The molecule has 0 saturated carbocycles. The minimum atomic E-state index is -0.0143. The molecule has 0 saturated heterocycles. The Hall–Kier alpha value is -2.41. The summed E-state index contributed by atoms with van der Waals surface area (Å²) in [5.74, 6) is 0.110. The number of rotatable bonds is 4. The minimum absolute atomic E-state index is 0.0143. The molecule has 0 bridgehead atoms. The van der Waals surface area contributed by atoms with Crippen LogP contribution in [0.4, 0.5) is 0 Å². The fourth-order valence-corrected chi connectivity index (χ4v) is 1.78. The zero-order valence-corrected chi connectivity index (χ0v) is 10.7. The van der Waals surface area contributed by atoms with Crippen molar-refractivity contribution in [3.63, 3.8) is 0 Å². The second-order valence-corrected chi connectivity index (χ2v) is 4.35. The second kappa shape index (κ2) is 6.50. The van der Waals surface area contributed by atoms with Gasteiger partial charge >= 0.3 is 0 Å². The van der Waals surface area contributed by atoms with Crippen molar-refractivity contribution in [2.45, 2.75) is 0 Å². The number of carbonyl (C=O) groups excluding carboxylic acids is 1. The molecule has 1 atom stereocenters. The lowest BCUT2D eigenvalue weighted by molar-refractivity contribution is -0.110. The van der Waals surface area contributed by atoms with E-state index in [9.17, 15) is 4.79 Å². The third-order valence-corrected chi connectivity index (χ3v) is 2.88. The quantitative estimate of drug-likeness (QED) is 0.732. The Labute approximate surface area is 114 Å². The normalized spacial score (nSPS) is 18.5. The Morgan fingerprint density at radius 1 is 1.11 bits per heavy atom. The molecule has 2 rings (SSSR count). The summed E-state index contributed by atoms with van der Waals surface area (Å²) < 4.78 is 0. The standard InChI is InChI=1S/C18H16O/c1-15-7-5-6-10-17(15)12-14-18(19)13-11-16-8-3-2-4-9-16/h2-14,17H,1H2. The lowest BCUT2D eigenvalue weighted by Gasteiger charge is -2.09. The first kappa shape index (κ1) is 13.0. The highest BCUT2D eigenvalue weighted by Crippen LogP contribution is 2.17. The van der Waals surface area contributed by atoms with Crippen molar-refractivity contribution in [3.05, 3.63) is 90.6 Å². The van der Waals surface area contributed by atoms with Gasteiger partial charge in [-0.05, 0) is 23.3 Å². The minimum Gasteiger partial charge on any atom is -0.290 e. The molecule has 1 aliphatic carbocycles. The number of hydrogen-bond acceptors (Lipinski definition) is 1. The number of benzene rings is 1. The molecular formula is C18H16O. The highest BCUT2D eigenvalue weighted by Gasteiger charge is 2.04. The summed E-state index contributed by atoms with van der Waals surface area (Å²) in [4.78, 5) is 11.7. The maximum Gasteiger partial charge on any atom is 0.178 e. The van der Waals surface area contributed by atoms with E-state index in [1.54, 1.807) is 12.2 Å². The highest BCUT2D eigenvalue weighted by atomic mass is 16.1. The van der Waals surface area contributed by atoms with Crippen LogP contribution in [0.2, 0.25) is 0 Å². The van der Waals surface area contributed by atoms with Crippen molar-refractivity contribution in [2.75, 3.05) is 0 Å². The third kappa shape index (κ3) is 4.07. The predicted molar refractivity (Wildman–Crippen MR) is 80.5 cm³/mol. The molecule has 1 aromatic rings. The van der Waals surface area contributed by atoms with E-state index in [0.29, 0.717) is 0 Å². The van der Waals surface area contributed by atoms with Crippen molar-refractivity contribution >= 4 is 11.9 Å². The molecule has 19 heavy (non-hydrogen) atoms. The summed E-state index contributed by atoms with van der Waals surface area (Å²) >= 11 is 0.